The largest absolute Gasteiger partial charge is 0.347 e. The molecular formula is C21H17ClN4OS. The first-order chi connectivity index (χ1) is 13.7. The number of amides is 1. The quantitative estimate of drug-likeness (QED) is 0.505. The highest BCUT2D eigenvalue weighted by atomic mass is 35.5. The Morgan fingerprint density at radius 2 is 1.82 bits per heavy atom. The van der Waals surface area contributed by atoms with Crippen molar-refractivity contribution in [2.75, 3.05) is 0 Å². The van der Waals surface area contributed by atoms with Crippen molar-refractivity contribution >= 4 is 28.8 Å². The molecule has 0 aliphatic carbocycles. The maximum Gasteiger partial charge on any atom is 0.271 e. The predicted octanol–water partition coefficient (Wildman–Crippen LogP) is 4.64. The van der Waals surface area contributed by atoms with Crippen LogP contribution >= 0.6 is 22.9 Å². The summed E-state index contributed by atoms with van der Waals surface area (Å²) in [7, 11) is 0. The fraction of sp³-hybridized carbons (Fsp3) is 0.0952. The first kappa shape index (κ1) is 18.4. The van der Waals surface area contributed by atoms with Gasteiger partial charge in [-0.05, 0) is 23.3 Å². The van der Waals surface area contributed by atoms with Gasteiger partial charge in [0.05, 0.1) is 6.33 Å². The van der Waals surface area contributed by atoms with Gasteiger partial charge in [-0.2, -0.15) is 0 Å². The molecule has 28 heavy (non-hydrogen) atoms. The first-order valence-electron chi connectivity index (χ1n) is 8.70. The molecule has 0 aliphatic heterocycles. The van der Waals surface area contributed by atoms with Gasteiger partial charge in [-0.1, -0.05) is 48.0 Å². The zero-order chi connectivity index (χ0) is 19.3. The van der Waals surface area contributed by atoms with E-state index in [1.807, 2.05) is 47.2 Å². The van der Waals surface area contributed by atoms with Crippen LogP contribution in [0.1, 0.15) is 21.6 Å². The molecule has 0 atom stereocenters. The number of hydrogen-bond acceptors (Lipinski definition) is 4. The van der Waals surface area contributed by atoms with Crippen LogP contribution in [0.4, 0.5) is 0 Å². The summed E-state index contributed by atoms with van der Waals surface area (Å²) in [5, 5.41) is 6.17. The summed E-state index contributed by atoms with van der Waals surface area (Å²) in [6.45, 7) is 1.23. The van der Waals surface area contributed by atoms with Crippen LogP contribution < -0.4 is 5.32 Å². The second-order valence-electron chi connectivity index (χ2n) is 6.28. The Morgan fingerprint density at radius 1 is 1.07 bits per heavy atom. The highest BCUT2D eigenvalue weighted by Gasteiger charge is 2.11. The second kappa shape index (κ2) is 8.37. The molecule has 2 aromatic heterocycles. The van der Waals surface area contributed by atoms with Crippen LogP contribution in [0.2, 0.25) is 5.02 Å². The number of carbonyl (C=O) groups excluding carboxylic acids is 1. The van der Waals surface area contributed by atoms with Gasteiger partial charge >= 0.3 is 0 Å². The molecule has 0 radical (unpaired) electrons. The Kier molecular flexibility index (Phi) is 5.50. The summed E-state index contributed by atoms with van der Waals surface area (Å²) < 4.78 is 2.01. The number of aromatic nitrogens is 3. The molecule has 0 saturated heterocycles. The number of rotatable bonds is 6. The maximum atomic E-state index is 12.4. The van der Waals surface area contributed by atoms with E-state index >= 15 is 0 Å². The number of thiazole rings is 1. The molecule has 4 aromatic rings. The summed E-state index contributed by atoms with van der Waals surface area (Å²) in [5.41, 5.74) is 3.59. The van der Waals surface area contributed by atoms with Gasteiger partial charge in [0.2, 0.25) is 0 Å². The number of nitrogens with one attached hydrogen (secondary N) is 1. The van der Waals surface area contributed by atoms with Gasteiger partial charge < -0.3 is 9.88 Å². The molecule has 2 heterocycles. The lowest BCUT2D eigenvalue weighted by Gasteiger charge is -2.06. The molecule has 1 amide bonds. The van der Waals surface area contributed by atoms with Crippen LogP contribution in [0.25, 0.3) is 10.6 Å². The molecule has 0 aliphatic rings. The van der Waals surface area contributed by atoms with Gasteiger partial charge in [0.15, 0.2) is 0 Å². The number of carbonyl (C=O) groups is 1. The summed E-state index contributed by atoms with van der Waals surface area (Å²) in [6, 6.07) is 15.6. The van der Waals surface area contributed by atoms with Crippen molar-refractivity contribution in [3.8, 4) is 10.6 Å². The summed E-state index contributed by atoms with van der Waals surface area (Å²) >= 11 is 7.35. The normalized spacial score (nSPS) is 10.8. The average molecular weight is 409 g/mol. The Balaban J connectivity index is 1.34. The first-order valence-corrected chi connectivity index (χ1v) is 9.96. The van der Waals surface area contributed by atoms with Gasteiger partial charge in [0.25, 0.3) is 5.91 Å². The molecule has 0 spiro atoms. The third kappa shape index (κ3) is 4.47. The van der Waals surface area contributed by atoms with Crippen LogP contribution in [-0.4, -0.2) is 20.4 Å². The monoisotopic (exact) mass is 408 g/mol. The molecule has 0 unspecified atom stereocenters. The van der Waals surface area contributed by atoms with Crippen molar-refractivity contribution in [3.63, 3.8) is 0 Å². The van der Waals surface area contributed by atoms with E-state index < -0.39 is 0 Å². The van der Waals surface area contributed by atoms with Gasteiger partial charge in [-0.15, -0.1) is 11.3 Å². The number of nitrogens with zero attached hydrogens (tertiary/aromatic N) is 3. The molecule has 2 aromatic carbocycles. The molecule has 5 nitrogen and oxygen atoms in total. The van der Waals surface area contributed by atoms with Crippen molar-refractivity contribution in [1.82, 2.24) is 19.9 Å². The fourth-order valence-electron chi connectivity index (χ4n) is 2.73. The molecule has 1 N–H and O–H groups in total. The van der Waals surface area contributed by atoms with Crippen molar-refractivity contribution in [3.05, 3.63) is 94.5 Å². The van der Waals surface area contributed by atoms with Crippen molar-refractivity contribution in [2.24, 2.45) is 0 Å². The molecule has 140 valence electrons. The molecule has 7 heteroatoms. The highest BCUT2D eigenvalue weighted by molar-refractivity contribution is 7.13. The number of halogens is 1. The predicted molar refractivity (Wildman–Crippen MR) is 112 cm³/mol. The number of imidazole rings is 1. The van der Waals surface area contributed by atoms with E-state index in [1.165, 1.54) is 16.9 Å². The van der Waals surface area contributed by atoms with Crippen LogP contribution in [0, 0.1) is 0 Å². The van der Waals surface area contributed by atoms with Crippen LogP contribution in [0.15, 0.2) is 72.6 Å². The third-order valence-electron chi connectivity index (χ3n) is 4.23. The Morgan fingerprint density at radius 3 is 2.54 bits per heavy atom. The summed E-state index contributed by atoms with van der Waals surface area (Å²) in [5.74, 6) is -0.182. The Bertz CT molecular complexity index is 1060. The minimum atomic E-state index is -0.182. The van der Waals surface area contributed by atoms with Crippen molar-refractivity contribution < 1.29 is 4.79 Å². The highest BCUT2D eigenvalue weighted by Crippen LogP contribution is 2.25. The second-order valence-corrected chi connectivity index (χ2v) is 7.57. The Hall–Kier alpha value is -2.96. The van der Waals surface area contributed by atoms with E-state index in [1.54, 1.807) is 17.9 Å². The van der Waals surface area contributed by atoms with E-state index in [-0.39, 0.29) is 5.91 Å². The SMILES string of the molecule is O=C(NCc1ccc(Cn2ccnc2)cc1)c1csc(-c2ccc(Cl)cc2)n1. The van der Waals surface area contributed by atoms with Crippen molar-refractivity contribution in [2.45, 2.75) is 13.1 Å². The fourth-order valence-corrected chi connectivity index (χ4v) is 3.66. The topological polar surface area (TPSA) is 59.8 Å². The van der Waals surface area contributed by atoms with E-state index in [2.05, 4.69) is 27.4 Å². The van der Waals surface area contributed by atoms with E-state index in [0.717, 1.165) is 22.7 Å². The van der Waals surface area contributed by atoms with Gasteiger partial charge in [-0.3, -0.25) is 4.79 Å². The molecular weight excluding hydrogens is 392 g/mol. The minimum Gasteiger partial charge on any atom is -0.347 e. The van der Waals surface area contributed by atoms with Gasteiger partial charge in [-0.25, -0.2) is 9.97 Å². The molecule has 4 rings (SSSR count). The molecule has 0 fully saturated rings. The zero-order valence-electron chi connectivity index (χ0n) is 14.9. The van der Waals surface area contributed by atoms with E-state index in [0.29, 0.717) is 17.3 Å². The van der Waals surface area contributed by atoms with Gasteiger partial charge in [0.1, 0.15) is 10.7 Å². The smallest absolute Gasteiger partial charge is 0.271 e. The maximum absolute atomic E-state index is 12.4. The lowest BCUT2D eigenvalue weighted by molar-refractivity contribution is 0.0946. The van der Waals surface area contributed by atoms with Crippen molar-refractivity contribution in [1.29, 1.82) is 0 Å². The number of benzene rings is 2. The summed E-state index contributed by atoms with van der Waals surface area (Å²) in [6.07, 6.45) is 5.49. The minimum absolute atomic E-state index is 0.182. The standard InChI is InChI=1S/C21H17ClN4OS/c22-18-7-5-17(6-8-18)21-25-19(13-28-21)20(27)24-11-15-1-3-16(4-2-15)12-26-10-9-23-14-26/h1-10,13-14H,11-12H2,(H,24,27). The van der Waals surface area contributed by atoms with E-state index in [4.69, 9.17) is 11.6 Å². The van der Waals surface area contributed by atoms with Crippen LogP contribution in [-0.2, 0) is 13.1 Å². The molecule has 0 saturated carbocycles. The lowest BCUT2D eigenvalue weighted by atomic mass is 10.1. The third-order valence-corrected chi connectivity index (χ3v) is 5.37. The van der Waals surface area contributed by atoms with Crippen LogP contribution in [0.5, 0.6) is 0 Å². The van der Waals surface area contributed by atoms with E-state index in [9.17, 15) is 4.79 Å². The molecule has 0 bridgehead atoms. The Labute approximate surface area is 171 Å². The van der Waals surface area contributed by atoms with Crippen LogP contribution in [0.3, 0.4) is 0 Å². The lowest BCUT2D eigenvalue weighted by Crippen LogP contribution is -2.23. The number of hydrogen-bond donors (Lipinski definition) is 1. The average Bonchev–Trinajstić information content (AvgIpc) is 3.40. The summed E-state index contributed by atoms with van der Waals surface area (Å²) in [4.78, 5) is 20.9. The van der Waals surface area contributed by atoms with Gasteiger partial charge in [0, 0.05) is 41.4 Å². The zero-order valence-corrected chi connectivity index (χ0v) is 16.5.